The van der Waals surface area contributed by atoms with Crippen molar-refractivity contribution in [2.45, 2.75) is 100 Å². The third kappa shape index (κ3) is 17.7. The minimum atomic E-state index is -1.81. The normalized spacial score (nSPS) is 17.2. The zero-order chi connectivity index (χ0) is 78.1. The van der Waals surface area contributed by atoms with Crippen LogP contribution in [0.25, 0.3) is 22.3 Å². The molecule has 0 radical (unpaired) electrons. The fourth-order valence-corrected chi connectivity index (χ4v) is 15.1. The highest BCUT2D eigenvalue weighted by atomic mass is 31.2. The van der Waals surface area contributed by atoms with Gasteiger partial charge in [0.05, 0.1) is 79.5 Å². The van der Waals surface area contributed by atoms with Gasteiger partial charge >= 0.3 is 6.16 Å². The average molecular weight is 1540 g/mol. The molecule has 0 spiro atoms. The first-order valence-electron chi connectivity index (χ1n) is 36.9. The average Bonchev–Trinajstić information content (AvgIpc) is 1.70. The number of nitrogens with zero attached hydrogens (tertiary/aromatic N) is 9. The molecule has 2 N–H and O–H groups in total. The lowest BCUT2D eigenvalue weighted by molar-refractivity contribution is -0.0981. The summed E-state index contributed by atoms with van der Waals surface area (Å²) >= 11 is 0. The smallest absolute Gasteiger partial charge is 0.497 e. The number of imidazole rings is 2. The highest BCUT2D eigenvalue weighted by molar-refractivity contribution is 7.45. The first-order valence-corrected chi connectivity index (χ1v) is 38.1. The van der Waals surface area contributed by atoms with Crippen molar-refractivity contribution in [1.29, 1.82) is 5.26 Å². The van der Waals surface area contributed by atoms with Crippen LogP contribution in [0.3, 0.4) is 0 Å². The van der Waals surface area contributed by atoms with Gasteiger partial charge in [0, 0.05) is 18.9 Å². The molecular weight excluding hydrogens is 1460 g/mol. The molecule has 1 unspecified atom stereocenters. The fourth-order valence-electron chi connectivity index (χ4n) is 13.8. The topological polar surface area (TPSA) is 281 Å². The van der Waals surface area contributed by atoms with Crippen LogP contribution in [0.2, 0.25) is 0 Å². The molecule has 12 aromatic rings. The zero-order valence-corrected chi connectivity index (χ0v) is 64.1. The van der Waals surface area contributed by atoms with E-state index in [1.807, 2.05) is 237 Å². The van der Waals surface area contributed by atoms with Crippen LogP contribution in [-0.2, 0) is 61.9 Å². The largest absolute Gasteiger partial charge is 0.508 e. The number of hydrogen-bond acceptors (Lipinski definition) is 24. The number of fused-ring (bicyclic) bond motifs is 2. The maximum Gasteiger partial charge on any atom is 0.508 e. The Morgan fingerprint density at radius 3 is 1.34 bits per heavy atom. The summed E-state index contributed by atoms with van der Waals surface area (Å²) in [5.74, 6) is 2.87. The van der Waals surface area contributed by atoms with Crippen LogP contribution in [0.4, 0.5) is 16.7 Å². The van der Waals surface area contributed by atoms with Crippen molar-refractivity contribution < 1.29 is 70.7 Å². The van der Waals surface area contributed by atoms with Crippen molar-refractivity contribution in [3.05, 3.63) is 288 Å². The minimum Gasteiger partial charge on any atom is -0.497 e. The van der Waals surface area contributed by atoms with E-state index in [9.17, 15) is 10.1 Å². The van der Waals surface area contributed by atoms with Crippen LogP contribution in [-0.4, -0.2) is 131 Å². The minimum absolute atomic E-state index is 0.00559. The lowest BCUT2D eigenvalue weighted by Crippen LogP contribution is -2.39. The number of rotatable bonds is 36. The van der Waals surface area contributed by atoms with E-state index in [1.54, 1.807) is 45.7 Å². The summed E-state index contributed by atoms with van der Waals surface area (Å²) < 4.78 is 93.7. The van der Waals surface area contributed by atoms with E-state index in [4.69, 9.17) is 95.8 Å². The van der Waals surface area contributed by atoms with E-state index in [1.165, 1.54) is 6.08 Å². The Morgan fingerprint density at radius 2 is 0.947 bits per heavy atom. The Hall–Kier alpha value is -11.9. The van der Waals surface area contributed by atoms with Crippen molar-refractivity contribution in [3.8, 4) is 40.8 Å². The number of ether oxygens (including phenoxy) is 12. The highest BCUT2D eigenvalue weighted by Gasteiger charge is 2.47. The molecule has 8 aromatic carbocycles. The van der Waals surface area contributed by atoms with Gasteiger partial charge in [0.25, 0.3) is 8.53 Å². The van der Waals surface area contributed by atoms with Crippen LogP contribution < -0.4 is 38.8 Å². The molecule has 0 saturated carbocycles. The summed E-state index contributed by atoms with van der Waals surface area (Å²) in [5, 5.41) is 16.4. The number of carbonyl (C=O) groups excluding carboxylic acids is 1. The molecule has 113 heavy (non-hydrogen) atoms. The number of carbonyl (C=O) groups is 1. The van der Waals surface area contributed by atoms with Crippen LogP contribution in [0.15, 0.2) is 244 Å². The van der Waals surface area contributed by atoms with Gasteiger partial charge in [-0.05, 0) is 107 Å². The molecule has 2 aliphatic heterocycles. The molecule has 27 heteroatoms. The summed E-state index contributed by atoms with van der Waals surface area (Å²) in [7, 11) is 4.68. The van der Waals surface area contributed by atoms with Crippen molar-refractivity contribution in [3.63, 3.8) is 0 Å². The summed E-state index contributed by atoms with van der Waals surface area (Å²) in [6.07, 6.45) is -0.901. The SMILES string of the molecule is C=CCOC(=O)O[C@H]1C[C@H](n2cnc3c(OCc4ccccc4)nc(Nc4nc(OCc5ccccc5)c5ncn([C@H]6C[C@H](OP(NC(C)C)OCCC#N)[C@@H](COC(c7ccccc7)(c7ccc(OC)cc7)c7ccc(OC)cc7)O6)c5n4)nc32)O[C@@H]1COC(c1ccccc1)(c1ccc(OC)cc1)c1ccc(OC)cc1. The molecule has 2 aliphatic rings. The summed E-state index contributed by atoms with van der Waals surface area (Å²) in [6, 6.07) is 72.3. The second-order valence-corrected chi connectivity index (χ2v) is 28.1. The maximum atomic E-state index is 13.7. The molecule has 2 saturated heterocycles. The van der Waals surface area contributed by atoms with Crippen molar-refractivity contribution in [1.82, 2.24) is 44.1 Å². The van der Waals surface area contributed by atoms with Crippen LogP contribution >= 0.6 is 8.53 Å². The molecule has 7 atom stereocenters. The molecule has 0 bridgehead atoms. The molecule has 2 fully saturated rings. The second kappa shape index (κ2) is 36.5. The van der Waals surface area contributed by atoms with Gasteiger partial charge in [0.1, 0.15) is 84.8 Å². The summed E-state index contributed by atoms with van der Waals surface area (Å²) in [6.45, 7) is 7.82. The number of aromatic nitrogens is 8. The highest BCUT2D eigenvalue weighted by Crippen LogP contribution is 2.48. The van der Waals surface area contributed by atoms with Crippen LogP contribution in [0.5, 0.6) is 34.8 Å². The Kier molecular flexibility index (Phi) is 25.1. The van der Waals surface area contributed by atoms with E-state index < -0.39 is 62.8 Å². The number of benzene rings is 8. The Balaban J connectivity index is 0.841. The van der Waals surface area contributed by atoms with E-state index in [2.05, 4.69) is 23.1 Å². The fraction of sp³-hybridized carbons (Fsp3) is 0.279. The molecule has 0 amide bonds. The molecule has 4 aromatic heterocycles. The van der Waals surface area contributed by atoms with Crippen LogP contribution in [0.1, 0.15) is 90.1 Å². The lowest BCUT2D eigenvalue weighted by atomic mass is 9.80. The van der Waals surface area contributed by atoms with Gasteiger partial charge in [-0.2, -0.15) is 25.2 Å². The molecule has 0 aliphatic carbocycles. The number of anilines is 2. The molecular formula is C86H86N11O15P. The van der Waals surface area contributed by atoms with E-state index >= 15 is 0 Å². The Morgan fingerprint density at radius 1 is 0.558 bits per heavy atom. The van der Waals surface area contributed by atoms with Gasteiger partial charge in [0.2, 0.25) is 23.7 Å². The lowest BCUT2D eigenvalue weighted by Gasteiger charge is -2.37. The Bertz CT molecular complexity index is 5050. The van der Waals surface area contributed by atoms with Gasteiger partial charge < -0.3 is 65.9 Å². The number of nitrogens with one attached hydrogen (secondary N) is 2. The molecule has 26 nitrogen and oxygen atoms in total. The third-order valence-electron chi connectivity index (χ3n) is 19.3. The number of methoxy groups -OCH3 is 4. The number of nitriles is 1. The third-order valence-corrected chi connectivity index (χ3v) is 20.9. The van der Waals surface area contributed by atoms with Gasteiger partial charge in [-0.3, -0.25) is 14.5 Å². The molecule has 580 valence electrons. The zero-order valence-electron chi connectivity index (χ0n) is 63.2. The Labute approximate surface area is 655 Å². The predicted octanol–water partition coefficient (Wildman–Crippen LogP) is 15.7. The quantitative estimate of drug-likeness (QED) is 0.0121. The van der Waals surface area contributed by atoms with E-state index in [-0.39, 0.29) is 99.8 Å². The van der Waals surface area contributed by atoms with Gasteiger partial charge in [-0.1, -0.05) is 183 Å². The first-order chi connectivity index (χ1) is 55.4. The van der Waals surface area contributed by atoms with E-state index in [0.717, 1.165) is 44.5 Å². The van der Waals surface area contributed by atoms with Gasteiger partial charge in [-0.25, -0.2) is 19.8 Å². The first kappa shape index (κ1) is 77.8. The summed E-state index contributed by atoms with van der Waals surface area (Å²) in [5.41, 5.74) is 5.22. The van der Waals surface area contributed by atoms with Crippen LogP contribution in [0, 0.1) is 11.3 Å². The van der Waals surface area contributed by atoms with Crippen molar-refractivity contribution in [2.24, 2.45) is 0 Å². The molecule has 6 heterocycles. The van der Waals surface area contributed by atoms with Gasteiger partial charge in [0.15, 0.2) is 22.3 Å². The van der Waals surface area contributed by atoms with Crippen molar-refractivity contribution >= 4 is 48.9 Å². The maximum absolute atomic E-state index is 13.7. The monoisotopic (exact) mass is 1540 g/mol. The standard InChI is InChI=1S/C86H86N11O15P/c1-8-47-103-84(98)111-70-49-74(109-72(70)53-106-85(60-26-17-11-18-27-60,62-30-38-66(99-4)39-31-62)63-32-40-67(100-5)41-33-63)96-55-88-76-78(96)90-82(92-80(76)104-51-58-22-13-9-14-23-58)94-83-91-79-77(81(93-83)105-52-59-24-15-10-16-25-59)89-56-97(79)75-50-71(112-113(95-57(2)3)108-48-21-46-87)73(110-75)54-107-86(61-28-19-12-20-29-61,64-34-42-68(101-6)43-35-64)65-36-44-69(102-7)45-37-65/h8-20,22-45,55-57,70-75,95H,1,21,47-54H2,2-7H3,(H,90,91,92,93,94)/t70-,71-,72+,73+,74+,75+,113?/m0/s1. The predicted molar refractivity (Wildman–Crippen MR) is 422 cm³/mol. The molecule has 14 rings (SSSR count). The van der Waals surface area contributed by atoms with E-state index in [0.29, 0.717) is 34.2 Å². The van der Waals surface area contributed by atoms with Gasteiger partial charge in [-0.15, -0.1) is 0 Å². The van der Waals surface area contributed by atoms with Crippen molar-refractivity contribution in [2.75, 3.05) is 60.2 Å². The summed E-state index contributed by atoms with van der Waals surface area (Å²) in [4.78, 5) is 43.9. The number of hydrogen-bond donors (Lipinski definition) is 2. The second-order valence-electron chi connectivity index (χ2n) is 26.8.